The number of nitrogens with one attached hydrogen (secondary N) is 1. The second-order valence-electron chi connectivity index (χ2n) is 5.65. The maximum Gasteiger partial charge on any atom is 0.335 e. The topological polar surface area (TPSA) is 69.6 Å². The third-order valence-corrected chi connectivity index (χ3v) is 3.94. The Labute approximate surface area is 113 Å². The van der Waals surface area contributed by atoms with Crippen molar-refractivity contribution < 1.29 is 15.0 Å². The van der Waals surface area contributed by atoms with Gasteiger partial charge in [-0.15, -0.1) is 0 Å². The monoisotopic (exact) mass is 263 g/mol. The van der Waals surface area contributed by atoms with Crippen molar-refractivity contribution in [1.29, 1.82) is 0 Å². The standard InChI is InChI=1S/C15H21NO3/c1-11-3-2-8-15(9-11,10-17)16-13-6-4-12(5-7-13)14(18)19/h4-7,11,16-17H,2-3,8-10H2,1H3,(H,18,19). The van der Waals surface area contributed by atoms with Crippen LogP contribution in [-0.2, 0) is 0 Å². The zero-order valence-electron chi connectivity index (χ0n) is 11.2. The number of hydrogen-bond acceptors (Lipinski definition) is 3. The third kappa shape index (κ3) is 3.26. The lowest BCUT2D eigenvalue weighted by Crippen LogP contribution is -2.45. The summed E-state index contributed by atoms with van der Waals surface area (Å²) in [5.41, 5.74) is 0.885. The molecule has 19 heavy (non-hydrogen) atoms. The molecular weight excluding hydrogens is 242 g/mol. The molecule has 4 nitrogen and oxygen atoms in total. The van der Waals surface area contributed by atoms with E-state index in [0.29, 0.717) is 5.92 Å². The van der Waals surface area contributed by atoms with E-state index in [-0.39, 0.29) is 17.7 Å². The lowest BCUT2D eigenvalue weighted by atomic mass is 9.76. The molecule has 0 bridgehead atoms. The highest BCUT2D eigenvalue weighted by Gasteiger charge is 2.34. The van der Waals surface area contributed by atoms with Crippen molar-refractivity contribution in [1.82, 2.24) is 0 Å². The van der Waals surface area contributed by atoms with Crippen LogP contribution in [0.5, 0.6) is 0 Å². The van der Waals surface area contributed by atoms with Gasteiger partial charge < -0.3 is 15.5 Å². The lowest BCUT2D eigenvalue weighted by Gasteiger charge is -2.40. The summed E-state index contributed by atoms with van der Waals surface area (Å²) < 4.78 is 0. The molecule has 1 fully saturated rings. The number of anilines is 1. The van der Waals surface area contributed by atoms with Crippen LogP contribution in [0.3, 0.4) is 0 Å². The molecule has 1 aliphatic rings. The summed E-state index contributed by atoms with van der Waals surface area (Å²) >= 11 is 0. The van der Waals surface area contributed by atoms with Crippen molar-refractivity contribution in [3.63, 3.8) is 0 Å². The Bertz CT molecular complexity index is 443. The molecule has 0 spiro atoms. The molecule has 1 saturated carbocycles. The average molecular weight is 263 g/mol. The van der Waals surface area contributed by atoms with Crippen LogP contribution in [0.4, 0.5) is 5.69 Å². The molecule has 3 N–H and O–H groups in total. The quantitative estimate of drug-likeness (QED) is 0.781. The van der Waals surface area contributed by atoms with Crippen molar-refractivity contribution in [2.45, 2.75) is 38.1 Å². The Morgan fingerprint density at radius 1 is 1.42 bits per heavy atom. The Morgan fingerprint density at radius 3 is 2.63 bits per heavy atom. The van der Waals surface area contributed by atoms with Gasteiger partial charge in [-0.2, -0.15) is 0 Å². The van der Waals surface area contributed by atoms with Gasteiger partial charge in [0.15, 0.2) is 0 Å². The van der Waals surface area contributed by atoms with E-state index in [9.17, 15) is 9.90 Å². The molecule has 0 saturated heterocycles. The van der Waals surface area contributed by atoms with Gasteiger partial charge in [-0.25, -0.2) is 4.79 Å². The molecule has 2 atom stereocenters. The van der Waals surface area contributed by atoms with Crippen LogP contribution in [-0.4, -0.2) is 28.3 Å². The number of aromatic carboxylic acids is 1. The van der Waals surface area contributed by atoms with Crippen LogP contribution in [0.15, 0.2) is 24.3 Å². The Morgan fingerprint density at radius 2 is 2.11 bits per heavy atom. The first-order valence-corrected chi connectivity index (χ1v) is 6.77. The summed E-state index contributed by atoms with van der Waals surface area (Å²) in [4.78, 5) is 10.8. The molecule has 0 aliphatic heterocycles. The van der Waals surface area contributed by atoms with Gasteiger partial charge >= 0.3 is 5.97 Å². The highest BCUT2D eigenvalue weighted by molar-refractivity contribution is 5.88. The van der Waals surface area contributed by atoms with Crippen LogP contribution < -0.4 is 5.32 Å². The zero-order valence-corrected chi connectivity index (χ0v) is 11.2. The Kier molecular flexibility index (Phi) is 4.10. The Hall–Kier alpha value is -1.55. The number of rotatable bonds is 4. The molecule has 2 rings (SSSR count). The van der Waals surface area contributed by atoms with Crippen LogP contribution in [0.1, 0.15) is 43.0 Å². The molecule has 1 aromatic rings. The van der Waals surface area contributed by atoms with E-state index in [2.05, 4.69) is 12.2 Å². The van der Waals surface area contributed by atoms with E-state index < -0.39 is 5.97 Å². The summed E-state index contributed by atoms with van der Waals surface area (Å²) in [6, 6.07) is 6.70. The number of carbonyl (C=O) groups is 1. The SMILES string of the molecule is CC1CCCC(CO)(Nc2ccc(C(=O)O)cc2)C1. The first-order valence-electron chi connectivity index (χ1n) is 6.77. The minimum absolute atomic E-state index is 0.109. The van der Waals surface area contributed by atoms with E-state index >= 15 is 0 Å². The molecule has 0 heterocycles. The van der Waals surface area contributed by atoms with Crippen LogP contribution >= 0.6 is 0 Å². The van der Waals surface area contributed by atoms with Crippen LogP contribution in [0.2, 0.25) is 0 Å². The van der Waals surface area contributed by atoms with Gasteiger partial charge in [-0.1, -0.05) is 19.8 Å². The fourth-order valence-corrected chi connectivity index (χ4v) is 2.96. The van der Waals surface area contributed by atoms with Gasteiger partial charge in [0.2, 0.25) is 0 Å². The van der Waals surface area contributed by atoms with E-state index in [0.717, 1.165) is 24.9 Å². The smallest absolute Gasteiger partial charge is 0.335 e. The molecule has 1 aliphatic carbocycles. The second-order valence-corrected chi connectivity index (χ2v) is 5.65. The zero-order chi connectivity index (χ0) is 13.9. The van der Waals surface area contributed by atoms with Crippen LogP contribution in [0, 0.1) is 5.92 Å². The molecule has 4 heteroatoms. The molecule has 1 aromatic carbocycles. The maximum atomic E-state index is 10.8. The summed E-state index contributed by atoms with van der Waals surface area (Å²) in [6.07, 6.45) is 4.22. The normalized spacial score (nSPS) is 26.9. The maximum absolute atomic E-state index is 10.8. The van der Waals surface area contributed by atoms with Crippen molar-refractivity contribution in [2.75, 3.05) is 11.9 Å². The summed E-state index contributed by atoms with van der Waals surface area (Å²) in [5, 5.41) is 22.0. The number of carboxylic acids is 1. The Balaban J connectivity index is 2.11. The number of aliphatic hydroxyl groups is 1. The first-order chi connectivity index (χ1) is 9.04. The summed E-state index contributed by atoms with van der Waals surface area (Å²) in [6.45, 7) is 2.32. The average Bonchev–Trinajstić information content (AvgIpc) is 2.39. The van der Waals surface area contributed by atoms with Gasteiger partial charge in [0, 0.05) is 5.69 Å². The van der Waals surface area contributed by atoms with E-state index in [1.165, 1.54) is 6.42 Å². The number of hydrogen-bond donors (Lipinski definition) is 3. The van der Waals surface area contributed by atoms with Gasteiger partial charge in [-0.05, 0) is 43.0 Å². The van der Waals surface area contributed by atoms with Crippen molar-refractivity contribution in [3.8, 4) is 0 Å². The van der Waals surface area contributed by atoms with Gasteiger partial charge in [0.1, 0.15) is 0 Å². The van der Waals surface area contributed by atoms with Gasteiger partial charge in [0.25, 0.3) is 0 Å². The van der Waals surface area contributed by atoms with Crippen molar-refractivity contribution in [3.05, 3.63) is 29.8 Å². The minimum Gasteiger partial charge on any atom is -0.478 e. The summed E-state index contributed by atoms with van der Waals surface area (Å²) in [7, 11) is 0. The fourth-order valence-electron chi connectivity index (χ4n) is 2.96. The molecule has 0 radical (unpaired) electrons. The highest BCUT2D eigenvalue weighted by Crippen LogP contribution is 2.34. The number of benzene rings is 1. The first kappa shape index (κ1) is 13.9. The fraction of sp³-hybridized carbons (Fsp3) is 0.533. The molecule has 0 aromatic heterocycles. The molecule has 0 amide bonds. The number of aliphatic hydroxyl groups excluding tert-OH is 1. The van der Waals surface area contributed by atoms with Crippen molar-refractivity contribution >= 4 is 11.7 Å². The van der Waals surface area contributed by atoms with E-state index in [4.69, 9.17) is 5.11 Å². The van der Waals surface area contributed by atoms with Crippen LogP contribution in [0.25, 0.3) is 0 Å². The van der Waals surface area contributed by atoms with Gasteiger partial charge in [0.05, 0.1) is 17.7 Å². The number of carboxylic acid groups (broad SMARTS) is 1. The molecular formula is C15H21NO3. The van der Waals surface area contributed by atoms with Gasteiger partial charge in [-0.3, -0.25) is 0 Å². The van der Waals surface area contributed by atoms with E-state index in [1.807, 2.05) is 0 Å². The largest absolute Gasteiger partial charge is 0.478 e. The highest BCUT2D eigenvalue weighted by atomic mass is 16.4. The third-order valence-electron chi connectivity index (χ3n) is 3.94. The molecule has 104 valence electrons. The lowest BCUT2D eigenvalue weighted by molar-refractivity contribution is 0.0697. The predicted molar refractivity (Wildman–Crippen MR) is 74.5 cm³/mol. The predicted octanol–water partition coefficient (Wildman–Crippen LogP) is 2.74. The summed E-state index contributed by atoms with van der Waals surface area (Å²) in [5.74, 6) is -0.318. The second kappa shape index (κ2) is 5.61. The van der Waals surface area contributed by atoms with Crippen molar-refractivity contribution in [2.24, 2.45) is 5.92 Å². The van der Waals surface area contributed by atoms with E-state index in [1.54, 1.807) is 24.3 Å². The minimum atomic E-state index is -0.922. The molecule has 2 unspecified atom stereocenters.